The second-order valence-electron chi connectivity index (χ2n) is 4.16. The number of phenols is 1. The molecule has 0 spiro atoms. The first-order valence-electron chi connectivity index (χ1n) is 5.56. The van der Waals surface area contributed by atoms with Crippen LogP contribution in [-0.2, 0) is 0 Å². The van der Waals surface area contributed by atoms with Gasteiger partial charge in [0.1, 0.15) is 17.4 Å². The second kappa shape index (κ2) is 3.73. The summed E-state index contributed by atoms with van der Waals surface area (Å²) >= 11 is 0. The molecule has 0 unspecified atom stereocenters. The SMILES string of the molecule is Cc1cccc(-c2nc3nc(N)ccc3[nH]2)c1O. The van der Waals surface area contributed by atoms with Gasteiger partial charge in [-0.2, -0.15) is 0 Å². The summed E-state index contributed by atoms with van der Waals surface area (Å²) in [6.45, 7) is 1.84. The number of imidazole rings is 1. The predicted molar refractivity (Wildman–Crippen MR) is 70.1 cm³/mol. The van der Waals surface area contributed by atoms with E-state index in [9.17, 15) is 5.11 Å². The number of fused-ring (bicyclic) bond motifs is 1. The van der Waals surface area contributed by atoms with E-state index >= 15 is 0 Å². The summed E-state index contributed by atoms with van der Waals surface area (Å²) in [5, 5.41) is 10.0. The van der Waals surface area contributed by atoms with Gasteiger partial charge in [-0.05, 0) is 30.7 Å². The maximum Gasteiger partial charge on any atom is 0.180 e. The number of nitrogens with zero attached hydrogens (tertiary/aromatic N) is 2. The first-order chi connectivity index (χ1) is 8.65. The van der Waals surface area contributed by atoms with E-state index in [0.717, 1.165) is 11.1 Å². The molecule has 0 saturated carbocycles. The average Bonchev–Trinajstić information content (AvgIpc) is 2.75. The molecule has 18 heavy (non-hydrogen) atoms. The van der Waals surface area contributed by atoms with Gasteiger partial charge in [0.15, 0.2) is 5.65 Å². The van der Waals surface area contributed by atoms with Crippen LogP contribution in [-0.4, -0.2) is 20.1 Å². The summed E-state index contributed by atoms with van der Waals surface area (Å²) in [6, 6.07) is 9.06. The number of H-pyrrole nitrogens is 1. The molecule has 0 saturated heterocycles. The number of anilines is 1. The highest BCUT2D eigenvalue weighted by Crippen LogP contribution is 2.30. The van der Waals surface area contributed by atoms with Gasteiger partial charge in [0.05, 0.1) is 11.1 Å². The second-order valence-corrected chi connectivity index (χ2v) is 4.16. The molecular formula is C13H12N4O. The van der Waals surface area contributed by atoms with Gasteiger partial charge in [-0.1, -0.05) is 12.1 Å². The van der Waals surface area contributed by atoms with E-state index in [0.29, 0.717) is 22.9 Å². The van der Waals surface area contributed by atoms with Crippen LogP contribution in [0.1, 0.15) is 5.56 Å². The van der Waals surface area contributed by atoms with Crippen molar-refractivity contribution in [3.05, 3.63) is 35.9 Å². The molecule has 0 bridgehead atoms. The van der Waals surface area contributed by atoms with Crippen molar-refractivity contribution < 1.29 is 5.11 Å². The summed E-state index contributed by atoms with van der Waals surface area (Å²) in [6.07, 6.45) is 0. The number of hydrogen-bond donors (Lipinski definition) is 3. The zero-order valence-electron chi connectivity index (χ0n) is 9.81. The normalized spacial score (nSPS) is 10.9. The largest absolute Gasteiger partial charge is 0.507 e. The first-order valence-corrected chi connectivity index (χ1v) is 5.56. The minimum Gasteiger partial charge on any atom is -0.507 e. The number of nitrogen functional groups attached to an aromatic ring is 1. The lowest BCUT2D eigenvalue weighted by atomic mass is 10.1. The fraction of sp³-hybridized carbons (Fsp3) is 0.0769. The first kappa shape index (κ1) is 10.6. The Morgan fingerprint density at radius 1 is 1.17 bits per heavy atom. The number of rotatable bonds is 1. The fourth-order valence-electron chi connectivity index (χ4n) is 1.88. The van der Waals surface area contributed by atoms with Gasteiger partial charge in [0.2, 0.25) is 0 Å². The van der Waals surface area contributed by atoms with E-state index in [4.69, 9.17) is 5.73 Å². The van der Waals surface area contributed by atoms with Crippen molar-refractivity contribution in [1.82, 2.24) is 15.0 Å². The predicted octanol–water partition coefficient (Wildman–Crippen LogP) is 2.22. The number of benzene rings is 1. The van der Waals surface area contributed by atoms with Gasteiger partial charge in [-0.3, -0.25) is 0 Å². The van der Waals surface area contributed by atoms with Crippen molar-refractivity contribution in [3.63, 3.8) is 0 Å². The standard InChI is InChI=1S/C13H12N4O/c1-7-3-2-4-8(11(7)18)12-15-9-5-6-10(14)16-13(9)17-12/h2-6,18H,1H3,(H3,14,15,16,17). The maximum absolute atomic E-state index is 10.0. The number of aromatic amines is 1. The summed E-state index contributed by atoms with van der Waals surface area (Å²) < 4.78 is 0. The van der Waals surface area contributed by atoms with Crippen molar-refractivity contribution in [2.45, 2.75) is 6.92 Å². The van der Waals surface area contributed by atoms with Crippen LogP contribution in [0.25, 0.3) is 22.6 Å². The Morgan fingerprint density at radius 2 is 2.00 bits per heavy atom. The van der Waals surface area contributed by atoms with Crippen LogP contribution in [0.3, 0.4) is 0 Å². The number of aromatic hydroxyl groups is 1. The lowest BCUT2D eigenvalue weighted by Gasteiger charge is -2.03. The quantitative estimate of drug-likeness (QED) is 0.608. The Balaban J connectivity index is 2.22. The highest BCUT2D eigenvalue weighted by Gasteiger charge is 2.11. The monoisotopic (exact) mass is 240 g/mol. The number of hydrogen-bond acceptors (Lipinski definition) is 4. The van der Waals surface area contributed by atoms with Crippen molar-refractivity contribution >= 4 is 17.0 Å². The lowest BCUT2D eigenvalue weighted by molar-refractivity contribution is 0.473. The zero-order valence-corrected chi connectivity index (χ0v) is 9.81. The maximum atomic E-state index is 10.0. The Bertz CT molecular complexity index is 733. The van der Waals surface area contributed by atoms with Crippen molar-refractivity contribution in [2.24, 2.45) is 0 Å². The molecule has 90 valence electrons. The number of aryl methyl sites for hydroxylation is 1. The molecular weight excluding hydrogens is 228 g/mol. The van der Waals surface area contributed by atoms with Crippen molar-refractivity contribution in [2.75, 3.05) is 5.73 Å². The van der Waals surface area contributed by atoms with Crippen LogP contribution in [0.15, 0.2) is 30.3 Å². The third-order valence-electron chi connectivity index (χ3n) is 2.86. The van der Waals surface area contributed by atoms with E-state index in [1.807, 2.05) is 31.2 Å². The number of phenolic OH excluding ortho intramolecular Hbond substituents is 1. The average molecular weight is 240 g/mol. The molecule has 0 radical (unpaired) electrons. The Morgan fingerprint density at radius 3 is 2.83 bits per heavy atom. The molecule has 3 aromatic rings. The molecule has 4 N–H and O–H groups in total. The van der Waals surface area contributed by atoms with Gasteiger partial charge < -0.3 is 15.8 Å². The van der Waals surface area contributed by atoms with Gasteiger partial charge in [-0.25, -0.2) is 9.97 Å². The molecule has 0 aliphatic rings. The number of para-hydroxylation sites is 1. The minimum absolute atomic E-state index is 0.226. The molecule has 0 aliphatic heterocycles. The van der Waals surface area contributed by atoms with Crippen LogP contribution in [0, 0.1) is 6.92 Å². The molecule has 2 heterocycles. The number of pyridine rings is 1. The minimum atomic E-state index is 0.226. The molecule has 5 heteroatoms. The van der Waals surface area contributed by atoms with Crippen LogP contribution in [0.2, 0.25) is 0 Å². The lowest BCUT2D eigenvalue weighted by Crippen LogP contribution is -1.88. The topological polar surface area (TPSA) is 87.8 Å². The molecule has 0 amide bonds. The molecule has 1 aromatic carbocycles. The van der Waals surface area contributed by atoms with Crippen molar-refractivity contribution in [1.29, 1.82) is 0 Å². The van der Waals surface area contributed by atoms with E-state index in [1.165, 1.54) is 0 Å². The molecule has 2 aromatic heterocycles. The third-order valence-corrected chi connectivity index (χ3v) is 2.86. The Labute approximate surface area is 103 Å². The molecule has 5 nitrogen and oxygen atoms in total. The summed E-state index contributed by atoms with van der Waals surface area (Å²) in [7, 11) is 0. The van der Waals surface area contributed by atoms with Gasteiger partial charge >= 0.3 is 0 Å². The van der Waals surface area contributed by atoms with Crippen LogP contribution in [0.4, 0.5) is 5.82 Å². The summed E-state index contributed by atoms with van der Waals surface area (Å²) in [4.78, 5) is 11.6. The third kappa shape index (κ3) is 1.57. The molecule has 0 aliphatic carbocycles. The summed E-state index contributed by atoms with van der Waals surface area (Å²) in [5.41, 5.74) is 8.42. The van der Waals surface area contributed by atoms with Crippen LogP contribution >= 0.6 is 0 Å². The highest BCUT2D eigenvalue weighted by atomic mass is 16.3. The Kier molecular flexibility index (Phi) is 2.19. The number of aromatic nitrogens is 3. The smallest absolute Gasteiger partial charge is 0.180 e. The van der Waals surface area contributed by atoms with Gasteiger partial charge in [0.25, 0.3) is 0 Å². The van der Waals surface area contributed by atoms with Crippen molar-refractivity contribution in [3.8, 4) is 17.1 Å². The summed E-state index contributed by atoms with van der Waals surface area (Å²) in [5.74, 6) is 1.24. The number of nitrogens with one attached hydrogen (secondary N) is 1. The Hall–Kier alpha value is -2.56. The van der Waals surface area contributed by atoms with E-state index < -0.39 is 0 Å². The van der Waals surface area contributed by atoms with E-state index in [1.54, 1.807) is 6.07 Å². The van der Waals surface area contributed by atoms with Gasteiger partial charge in [0, 0.05) is 0 Å². The van der Waals surface area contributed by atoms with Gasteiger partial charge in [-0.15, -0.1) is 0 Å². The fourth-order valence-corrected chi connectivity index (χ4v) is 1.88. The number of nitrogens with two attached hydrogens (primary N) is 1. The molecule has 0 atom stereocenters. The van der Waals surface area contributed by atoms with Crippen LogP contribution in [0.5, 0.6) is 5.75 Å². The van der Waals surface area contributed by atoms with Crippen LogP contribution < -0.4 is 5.73 Å². The molecule has 0 fully saturated rings. The van der Waals surface area contributed by atoms with E-state index in [2.05, 4.69) is 15.0 Å². The zero-order chi connectivity index (χ0) is 12.7. The highest BCUT2D eigenvalue weighted by molar-refractivity contribution is 5.79. The molecule has 3 rings (SSSR count). The van der Waals surface area contributed by atoms with E-state index in [-0.39, 0.29) is 5.75 Å².